The van der Waals surface area contributed by atoms with E-state index in [0.717, 1.165) is 84.1 Å². The quantitative estimate of drug-likeness (QED) is 0.517. The molecule has 7 heteroatoms. The summed E-state index contributed by atoms with van der Waals surface area (Å²) in [6, 6.07) is 12.7. The fraction of sp³-hybridized carbons (Fsp3) is 0.375. The molecule has 2 aromatic carbocycles. The number of rotatable bonds is 5. The predicted molar refractivity (Wildman–Crippen MR) is 122 cm³/mol. The van der Waals surface area contributed by atoms with E-state index in [1.807, 2.05) is 4.68 Å². The van der Waals surface area contributed by atoms with Crippen LogP contribution in [0.2, 0.25) is 0 Å². The van der Waals surface area contributed by atoms with Gasteiger partial charge in [0.2, 0.25) is 0 Å². The Morgan fingerprint density at radius 1 is 1.00 bits per heavy atom. The highest BCUT2D eigenvalue weighted by Gasteiger charge is 2.24. The molecule has 4 aromatic rings. The minimum atomic E-state index is 0.398. The maximum absolute atomic E-state index is 6.29. The number of nitrogens with one attached hydrogen (secondary N) is 1. The van der Waals surface area contributed by atoms with E-state index in [1.165, 1.54) is 6.33 Å². The number of benzene rings is 2. The van der Waals surface area contributed by atoms with E-state index in [1.54, 1.807) is 0 Å². The third-order valence-electron chi connectivity index (χ3n) is 6.36. The molecule has 158 valence electrons. The number of anilines is 1. The molecule has 0 spiro atoms. The summed E-state index contributed by atoms with van der Waals surface area (Å²) in [6.07, 6.45) is 6.55. The van der Waals surface area contributed by atoms with Crippen molar-refractivity contribution in [1.82, 2.24) is 25.1 Å². The minimum absolute atomic E-state index is 0.398. The normalized spacial score (nSPS) is 17.4. The molecule has 1 saturated heterocycles. The van der Waals surface area contributed by atoms with Crippen LogP contribution in [0.25, 0.3) is 33.1 Å². The van der Waals surface area contributed by atoms with Gasteiger partial charge in [0.25, 0.3) is 0 Å². The molecule has 2 aromatic heterocycles. The van der Waals surface area contributed by atoms with E-state index in [-0.39, 0.29) is 0 Å². The first-order chi connectivity index (χ1) is 15.2. The van der Waals surface area contributed by atoms with E-state index in [4.69, 9.17) is 15.6 Å². The van der Waals surface area contributed by atoms with Crippen molar-refractivity contribution in [2.24, 2.45) is 5.92 Å². The highest BCUT2D eigenvalue weighted by Crippen LogP contribution is 2.34. The first-order valence-corrected chi connectivity index (χ1v) is 11.1. The Bertz CT molecular complexity index is 1260. The second-order valence-corrected chi connectivity index (χ2v) is 8.72. The molecule has 3 N–H and O–H groups in total. The van der Waals surface area contributed by atoms with E-state index >= 15 is 0 Å². The number of nitrogens with two attached hydrogens (primary N) is 1. The van der Waals surface area contributed by atoms with Gasteiger partial charge in [-0.15, -0.1) is 0 Å². The lowest BCUT2D eigenvalue weighted by Gasteiger charge is -2.22. The van der Waals surface area contributed by atoms with Gasteiger partial charge in [0.15, 0.2) is 5.65 Å². The topological polar surface area (TPSA) is 90.9 Å². The lowest BCUT2D eigenvalue weighted by Crippen LogP contribution is -2.30. The van der Waals surface area contributed by atoms with Gasteiger partial charge in [-0.05, 0) is 73.7 Å². The lowest BCUT2D eigenvalue weighted by atomic mass is 9.98. The van der Waals surface area contributed by atoms with Crippen LogP contribution in [0.5, 0.6) is 5.75 Å². The lowest BCUT2D eigenvalue weighted by molar-refractivity contribution is 0.303. The van der Waals surface area contributed by atoms with Crippen molar-refractivity contribution in [2.75, 3.05) is 18.8 Å². The van der Waals surface area contributed by atoms with Crippen molar-refractivity contribution in [2.45, 2.75) is 38.3 Å². The van der Waals surface area contributed by atoms with Crippen molar-refractivity contribution >= 4 is 27.6 Å². The van der Waals surface area contributed by atoms with Crippen molar-refractivity contribution in [1.29, 1.82) is 0 Å². The summed E-state index contributed by atoms with van der Waals surface area (Å²) in [5.74, 6) is 2.01. The number of aromatic nitrogens is 4. The maximum Gasteiger partial charge on any atom is 0.163 e. The summed E-state index contributed by atoms with van der Waals surface area (Å²) in [6.45, 7) is 2.97. The summed E-state index contributed by atoms with van der Waals surface area (Å²) in [5.41, 5.74) is 8.98. The highest BCUT2D eigenvalue weighted by atomic mass is 16.5. The predicted octanol–water partition coefficient (Wildman–Crippen LogP) is 3.77. The summed E-state index contributed by atoms with van der Waals surface area (Å²) in [7, 11) is 0. The van der Waals surface area contributed by atoms with Crippen LogP contribution in [0, 0.1) is 5.92 Å². The first-order valence-electron chi connectivity index (χ1n) is 11.1. The molecule has 1 saturated carbocycles. The molecule has 7 nitrogen and oxygen atoms in total. The van der Waals surface area contributed by atoms with Crippen LogP contribution >= 0.6 is 0 Å². The van der Waals surface area contributed by atoms with Gasteiger partial charge in [0, 0.05) is 12.1 Å². The van der Waals surface area contributed by atoms with Gasteiger partial charge in [-0.25, -0.2) is 14.6 Å². The van der Waals surface area contributed by atoms with E-state index in [2.05, 4.69) is 51.7 Å². The monoisotopic (exact) mass is 414 g/mol. The molecule has 2 fully saturated rings. The van der Waals surface area contributed by atoms with Crippen molar-refractivity contribution in [3.8, 4) is 17.0 Å². The molecule has 0 atom stereocenters. The Hall–Kier alpha value is -3.19. The first kappa shape index (κ1) is 18.6. The molecule has 0 amide bonds. The third-order valence-corrected chi connectivity index (χ3v) is 6.36. The molecule has 0 unspecified atom stereocenters. The van der Waals surface area contributed by atoms with Gasteiger partial charge in [-0.1, -0.05) is 18.2 Å². The number of hydrogen-bond donors (Lipinski definition) is 2. The SMILES string of the molecule is Nc1ncnc2c1c(-c1ccc3cc(OC4CC4)ccc3c1)nn2CC1CCNCC1. The molecule has 6 rings (SSSR count). The maximum atomic E-state index is 6.29. The van der Waals surface area contributed by atoms with Gasteiger partial charge in [-0.3, -0.25) is 0 Å². The molecular weight excluding hydrogens is 388 g/mol. The van der Waals surface area contributed by atoms with Crippen LogP contribution in [-0.2, 0) is 6.54 Å². The van der Waals surface area contributed by atoms with Crippen molar-refractivity contribution in [3.05, 3.63) is 42.7 Å². The molecule has 0 radical (unpaired) electrons. The zero-order chi connectivity index (χ0) is 20.8. The van der Waals surface area contributed by atoms with Crippen molar-refractivity contribution < 1.29 is 4.74 Å². The van der Waals surface area contributed by atoms with Gasteiger partial charge >= 0.3 is 0 Å². The van der Waals surface area contributed by atoms with Crippen LogP contribution in [0.4, 0.5) is 5.82 Å². The number of hydrogen-bond acceptors (Lipinski definition) is 6. The van der Waals surface area contributed by atoms with Crippen LogP contribution in [-0.4, -0.2) is 38.9 Å². The fourth-order valence-electron chi connectivity index (χ4n) is 4.49. The standard InChI is InChI=1S/C24H26N6O/c25-23-21-22(29-30(24(21)28-14-27-23)13-15-7-9-26-10-8-15)18-2-1-17-12-20(31-19-5-6-19)4-3-16(17)11-18/h1-4,11-12,14-15,19,26H,5-10,13H2,(H2,25,27,28). The van der Waals surface area contributed by atoms with Gasteiger partial charge < -0.3 is 15.8 Å². The number of fused-ring (bicyclic) bond motifs is 2. The summed E-state index contributed by atoms with van der Waals surface area (Å²) in [5, 5.41) is 11.5. The second kappa shape index (κ2) is 7.50. The molecule has 31 heavy (non-hydrogen) atoms. The van der Waals surface area contributed by atoms with Crippen LogP contribution < -0.4 is 15.8 Å². The smallest absolute Gasteiger partial charge is 0.163 e. The Morgan fingerprint density at radius 3 is 2.65 bits per heavy atom. The Kier molecular flexibility index (Phi) is 4.49. The van der Waals surface area contributed by atoms with E-state index in [9.17, 15) is 0 Å². The number of ether oxygens (including phenoxy) is 1. The molecule has 1 aliphatic heterocycles. The minimum Gasteiger partial charge on any atom is -0.490 e. The third kappa shape index (κ3) is 3.59. The summed E-state index contributed by atoms with van der Waals surface area (Å²) >= 11 is 0. The molecule has 2 aliphatic rings. The molecular formula is C24H26N6O. The Balaban J connectivity index is 1.40. The van der Waals surface area contributed by atoms with Crippen molar-refractivity contribution in [3.63, 3.8) is 0 Å². The average molecular weight is 415 g/mol. The van der Waals surface area contributed by atoms with Crippen LogP contribution in [0.1, 0.15) is 25.7 Å². The molecule has 3 heterocycles. The van der Waals surface area contributed by atoms with Gasteiger partial charge in [0.05, 0.1) is 11.5 Å². The number of nitrogen functional groups attached to an aromatic ring is 1. The molecule has 1 aliphatic carbocycles. The summed E-state index contributed by atoms with van der Waals surface area (Å²) < 4.78 is 7.97. The second-order valence-electron chi connectivity index (χ2n) is 8.72. The number of piperidine rings is 1. The van der Waals surface area contributed by atoms with Gasteiger partial charge in [0.1, 0.15) is 23.6 Å². The average Bonchev–Trinajstić information content (AvgIpc) is 3.54. The van der Waals surface area contributed by atoms with E-state index in [0.29, 0.717) is 17.8 Å². The van der Waals surface area contributed by atoms with Gasteiger partial charge in [-0.2, -0.15) is 5.10 Å². The number of nitrogens with zero attached hydrogens (tertiary/aromatic N) is 4. The largest absolute Gasteiger partial charge is 0.490 e. The molecule has 0 bridgehead atoms. The van der Waals surface area contributed by atoms with E-state index < -0.39 is 0 Å². The zero-order valence-corrected chi connectivity index (χ0v) is 17.4. The van der Waals surface area contributed by atoms with Crippen LogP contribution in [0.3, 0.4) is 0 Å². The Morgan fingerprint density at radius 2 is 1.81 bits per heavy atom. The fourth-order valence-corrected chi connectivity index (χ4v) is 4.49. The summed E-state index contributed by atoms with van der Waals surface area (Å²) in [4.78, 5) is 8.79. The highest BCUT2D eigenvalue weighted by molar-refractivity contribution is 6.00. The van der Waals surface area contributed by atoms with Crippen LogP contribution in [0.15, 0.2) is 42.7 Å². The Labute approximate surface area is 180 Å². The zero-order valence-electron chi connectivity index (χ0n) is 17.4.